The second-order valence-corrected chi connectivity index (χ2v) is 4.77. The molecule has 7 heteroatoms. The van der Waals surface area contributed by atoms with Crippen LogP contribution in [0.3, 0.4) is 0 Å². The summed E-state index contributed by atoms with van der Waals surface area (Å²) in [5.74, 6) is 1.28. The first kappa shape index (κ1) is 13.4. The van der Waals surface area contributed by atoms with Crippen molar-refractivity contribution in [1.82, 2.24) is 15.5 Å². The summed E-state index contributed by atoms with van der Waals surface area (Å²) in [6.07, 6.45) is 0.848. The highest BCUT2D eigenvalue weighted by Crippen LogP contribution is 2.21. The summed E-state index contributed by atoms with van der Waals surface area (Å²) in [5, 5.41) is 15.9. The lowest BCUT2D eigenvalue weighted by molar-refractivity contribution is 0.262. The minimum atomic E-state index is -0.323. The summed E-state index contributed by atoms with van der Waals surface area (Å²) in [7, 11) is 1.59. The molecular weight excluding hydrogens is 270 g/mol. The van der Waals surface area contributed by atoms with E-state index < -0.39 is 0 Å². The Kier molecular flexibility index (Phi) is 3.74. The molecule has 0 aliphatic carbocycles. The number of methoxy groups -OCH3 is 1. The third-order valence-electron chi connectivity index (χ3n) is 3.37. The third-order valence-corrected chi connectivity index (χ3v) is 3.37. The van der Waals surface area contributed by atoms with E-state index in [1.54, 1.807) is 19.2 Å². The van der Waals surface area contributed by atoms with Crippen LogP contribution in [0.5, 0.6) is 5.75 Å². The Balaban J connectivity index is 1.67. The molecule has 0 saturated heterocycles. The highest BCUT2D eigenvalue weighted by molar-refractivity contribution is 5.99. The Bertz CT molecular complexity index is 653. The number of nitrogens with one attached hydrogen (secondary N) is 4. The molecular formula is C14H17N5O2. The quantitative estimate of drug-likeness (QED) is 0.691. The van der Waals surface area contributed by atoms with E-state index in [0.717, 1.165) is 30.8 Å². The van der Waals surface area contributed by atoms with Crippen molar-refractivity contribution in [3.63, 3.8) is 0 Å². The fourth-order valence-corrected chi connectivity index (χ4v) is 2.32. The van der Waals surface area contributed by atoms with Crippen LogP contribution in [0.1, 0.15) is 11.3 Å². The number of H-pyrrole nitrogens is 1. The number of hydrogen-bond acceptors (Lipinski definition) is 4. The van der Waals surface area contributed by atoms with Crippen LogP contribution < -0.4 is 20.7 Å². The molecule has 2 heterocycles. The van der Waals surface area contributed by atoms with Gasteiger partial charge in [0.1, 0.15) is 5.75 Å². The van der Waals surface area contributed by atoms with Crippen molar-refractivity contribution >= 4 is 17.5 Å². The van der Waals surface area contributed by atoms with Gasteiger partial charge in [-0.3, -0.25) is 10.4 Å². The summed E-state index contributed by atoms with van der Waals surface area (Å²) < 4.78 is 5.12. The Morgan fingerprint density at radius 1 is 1.38 bits per heavy atom. The molecule has 7 nitrogen and oxygen atoms in total. The number of amides is 2. The fourth-order valence-electron chi connectivity index (χ4n) is 2.32. The Labute approximate surface area is 122 Å². The first-order valence-corrected chi connectivity index (χ1v) is 6.75. The number of benzene rings is 1. The van der Waals surface area contributed by atoms with E-state index in [9.17, 15) is 4.79 Å². The molecule has 0 atom stereocenters. The predicted molar refractivity (Wildman–Crippen MR) is 79.6 cm³/mol. The van der Waals surface area contributed by atoms with Crippen molar-refractivity contribution in [1.29, 1.82) is 0 Å². The molecule has 1 aliphatic heterocycles. The average molecular weight is 287 g/mol. The molecule has 0 fully saturated rings. The van der Waals surface area contributed by atoms with Gasteiger partial charge in [-0.25, -0.2) is 4.79 Å². The van der Waals surface area contributed by atoms with Crippen molar-refractivity contribution in [2.75, 3.05) is 24.3 Å². The monoisotopic (exact) mass is 287 g/mol. The lowest BCUT2D eigenvalue weighted by Gasteiger charge is -2.13. The van der Waals surface area contributed by atoms with Crippen molar-refractivity contribution in [3.8, 4) is 5.75 Å². The first-order chi connectivity index (χ1) is 10.3. The number of carbonyl (C=O) groups excluding carboxylic acids is 1. The minimum absolute atomic E-state index is 0.323. The third kappa shape index (κ3) is 2.97. The van der Waals surface area contributed by atoms with Gasteiger partial charge in [0.2, 0.25) is 0 Å². The molecule has 21 heavy (non-hydrogen) atoms. The van der Waals surface area contributed by atoms with E-state index in [1.165, 1.54) is 0 Å². The summed E-state index contributed by atoms with van der Waals surface area (Å²) in [6, 6.07) is 6.86. The fraction of sp³-hybridized carbons (Fsp3) is 0.286. The molecule has 1 aromatic carbocycles. The maximum Gasteiger partial charge on any atom is 0.324 e. The van der Waals surface area contributed by atoms with Crippen LogP contribution in [0.2, 0.25) is 0 Å². The Morgan fingerprint density at radius 2 is 2.29 bits per heavy atom. The summed E-state index contributed by atoms with van der Waals surface area (Å²) in [6.45, 7) is 1.64. The van der Waals surface area contributed by atoms with Gasteiger partial charge in [0, 0.05) is 23.9 Å². The van der Waals surface area contributed by atoms with Crippen LogP contribution in [0.15, 0.2) is 24.3 Å². The van der Waals surface area contributed by atoms with Crippen molar-refractivity contribution in [2.24, 2.45) is 0 Å². The Hall–Kier alpha value is -2.54. The number of aromatic nitrogens is 2. The zero-order valence-electron chi connectivity index (χ0n) is 11.7. The van der Waals surface area contributed by atoms with Crippen molar-refractivity contribution < 1.29 is 9.53 Å². The van der Waals surface area contributed by atoms with Crippen LogP contribution in [0.25, 0.3) is 0 Å². The maximum absolute atomic E-state index is 12.0. The van der Waals surface area contributed by atoms with Gasteiger partial charge in [-0.15, -0.1) is 0 Å². The molecule has 1 aromatic heterocycles. The number of anilines is 2. The summed E-state index contributed by atoms with van der Waals surface area (Å²) in [4.78, 5) is 12.0. The second kappa shape index (κ2) is 5.84. The van der Waals surface area contributed by atoms with Crippen LogP contribution in [0.4, 0.5) is 16.3 Å². The van der Waals surface area contributed by atoms with Gasteiger partial charge in [0.25, 0.3) is 0 Å². The zero-order chi connectivity index (χ0) is 14.7. The molecule has 1 aliphatic rings. The molecule has 0 radical (unpaired) electrons. The van der Waals surface area contributed by atoms with E-state index in [4.69, 9.17) is 4.74 Å². The first-order valence-electron chi connectivity index (χ1n) is 6.75. The number of hydrogen-bond donors (Lipinski definition) is 4. The number of carbonyl (C=O) groups is 1. The number of fused-ring (bicyclic) bond motifs is 1. The summed E-state index contributed by atoms with van der Waals surface area (Å²) in [5.41, 5.74) is 2.75. The number of aromatic amines is 1. The zero-order valence-corrected chi connectivity index (χ0v) is 11.7. The van der Waals surface area contributed by atoms with E-state index in [-0.39, 0.29) is 6.03 Å². The normalized spacial score (nSPS) is 13.4. The second-order valence-electron chi connectivity index (χ2n) is 4.77. The van der Waals surface area contributed by atoms with E-state index in [0.29, 0.717) is 17.3 Å². The van der Waals surface area contributed by atoms with E-state index in [2.05, 4.69) is 26.1 Å². The number of nitrogens with zero attached hydrogens (tertiary/aromatic N) is 1. The van der Waals surface area contributed by atoms with Gasteiger partial charge in [0.15, 0.2) is 5.82 Å². The Morgan fingerprint density at radius 3 is 3.14 bits per heavy atom. The molecule has 4 N–H and O–H groups in total. The standard InChI is InChI=1S/C14H17N5O2/c1-21-10-4-2-3-9(7-10)16-14(20)17-13-11-5-6-15-8-12(11)18-19-13/h2-4,7,15H,5-6,8H2,1H3,(H3,16,17,18,19,20). The molecule has 3 rings (SSSR count). The maximum atomic E-state index is 12.0. The van der Waals surface area contributed by atoms with Gasteiger partial charge in [-0.1, -0.05) is 6.07 Å². The molecule has 0 unspecified atom stereocenters. The number of ether oxygens (including phenoxy) is 1. The average Bonchev–Trinajstić information content (AvgIpc) is 2.91. The molecule has 0 spiro atoms. The molecule has 0 saturated carbocycles. The van der Waals surface area contributed by atoms with Crippen molar-refractivity contribution in [3.05, 3.63) is 35.5 Å². The lowest BCUT2D eigenvalue weighted by atomic mass is 10.1. The molecule has 110 valence electrons. The molecule has 0 bridgehead atoms. The number of rotatable bonds is 3. The largest absolute Gasteiger partial charge is 0.497 e. The van der Waals surface area contributed by atoms with Crippen LogP contribution in [-0.2, 0) is 13.0 Å². The highest BCUT2D eigenvalue weighted by atomic mass is 16.5. The van der Waals surface area contributed by atoms with Crippen molar-refractivity contribution in [2.45, 2.75) is 13.0 Å². The van der Waals surface area contributed by atoms with E-state index >= 15 is 0 Å². The minimum Gasteiger partial charge on any atom is -0.497 e. The van der Waals surface area contributed by atoms with Gasteiger partial charge in [-0.2, -0.15) is 5.10 Å². The topological polar surface area (TPSA) is 91.1 Å². The summed E-state index contributed by atoms with van der Waals surface area (Å²) >= 11 is 0. The van der Waals surface area contributed by atoms with E-state index in [1.807, 2.05) is 12.1 Å². The molecule has 2 amide bonds. The van der Waals surface area contributed by atoms with Crippen LogP contribution in [0, 0.1) is 0 Å². The lowest BCUT2D eigenvalue weighted by Crippen LogP contribution is -2.25. The van der Waals surface area contributed by atoms with Gasteiger partial charge >= 0.3 is 6.03 Å². The van der Waals surface area contributed by atoms with Crippen LogP contribution >= 0.6 is 0 Å². The molecule has 2 aromatic rings. The van der Waals surface area contributed by atoms with Gasteiger partial charge in [-0.05, 0) is 25.1 Å². The van der Waals surface area contributed by atoms with Gasteiger partial charge in [0.05, 0.1) is 12.8 Å². The van der Waals surface area contributed by atoms with Crippen LogP contribution in [-0.4, -0.2) is 29.9 Å². The predicted octanol–water partition coefficient (Wildman–Crippen LogP) is 1.71. The number of urea groups is 1. The smallest absolute Gasteiger partial charge is 0.324 e. The SMILES string of the molecule is COc1cccc(NC(=O)Nc2n[nH]c3c2CCNC3)c1. The van der Waals surface area contributed by atoms with Gasteiger partial charge < -0.3 is 15.4 Å². The highest BCUT2D eigenvalue weighted by Gasteiger charge is 2.17.